The van der Waals surface area contributed by atoms with E-state index in [1.54, 1.807) is 0 Å². The summed E-state index contributed by atoms with van der Waals surface area (Å²) in [5.41, 5.74) is 1.95. The fraction of sp³-hybridized carbons (Fsp3) is 0.867. The van der Waals surface area contributed by atoms with Gasteiger partial charge < -0.3 is 5.32 Å². The van der Waals surface area contributed by atoms with E-state index in [4.69, 9.17) is 0 Å². The molecule has 0 amide bonds. The maximum atomic E-state index is 4.31. The number of nitrogens with one attached hydrogen (secondary N) is 1. The zero-order valence-electron chi connectivity index (χ0n) is 12.2. The van der Waals surface area contributed by atoms with Crippen molar-refractivity contribution in [2.24, 2.45) is 5.41 Å². The van der Waals surface area contributed by atoms with Gasteiger partial charge in [0.05, 0.1) is 0 Å². The molecule has 0 aromatic heterocycles. The van der Waals surface area contributed by atoms with E-state index >= 15 is 0 Å². The summed E-state index contributed by atoms with van der Waals surface area (Å²) in [6.45, 7) is 18.8. The van der Waals surface area contributed by atoms with E-state index in [1.807, 2.05) is 0 Å². The highest BCUT2D eigenvalue weighted by Gasteiger charge is 2.27. The van der Waals surface area contributed by atoms with Crippen LogP contribution in [0.4, 0.5) is 0 Å². The predicted molar refractivity (Wildman–Crippen MR) is 74.8 cm³/mol. The average molecular weight is 225 g/mol. The Labute approximate surface area is 103 Å². The van der Waals surface area contributed by atoms with Crippen LogP contribution in [0.3, 0.4) is 0 Å². The van der Waals surface area contributed by atoms with Crippen LogP contribution in [0.15, 0.2) is 12.2 Å². The zero-order chi connectivity index (χ0) is 12.8. The SMILES string of the molecule is C=C(CNC(C)(C)CC)C(CC)(CC)CC. The van der Waals surface area contributed by atoms with Gasteiger partial charge in [-0.3, -0.25) is 0 Å². The van der Waals surface area contributed by atoms with Crippen LogP contribution in [-0.2, 0) is 0 Å². The fourth-order valence-electron chi connectivity index (χ4n) is 2.16. The predicted octanol–water partition coefficient (Wildman–Crippen LogP) is 4.54. The minimum Gasteiger partial charge on any atom is -0.308 e. The lowest BCUT2D eigenvalue weighted by atomic mass is 9.73. The monoisotopic (exact) mass is 225 g/mol. The van der Waals surface area contributed by atoms with E-state index in [9.17, 15) is 0 Å². The summed E-state index contributed by atoms with van der Waals surface area (Å²) in [7, 11) is 0. The standard InChI is InChI=1S/C15H31N/c1-8-14(6,7)16-12-13(5)15(9-2,10-3)11-4/h16H,5,8-12H2,1-4,6-7H3. The van der Waals surface area contributed by atoms with Gasteiger partial charge in [-0.1, -0.05) is 39.8 Å². The van der Waals surface area contributed by atoms with Crippen LogP contribution in [0.2, 0.25) is 0 Å². The molecule has 0 unspecified atom stereocenters. The summed E-state index contributed by atoms with van der Waals surface area (Å²) in [5, 5.41) is 3.62. The molecule has 0 atom stereocenters. The van der Waals surface area contributed by atoms with Crippen molar-refractivity contribution in [1.82, 2.24) is 5.32 Å². The molecule has 0 aromatic carbocycles. The van der Waals surface area contributed by atoms with E-state index < -0.39 is 0 Å². The highest BCUT2D eigenvalue weighted by atomic mass is 14.9. The molecule has 0 heterocycles. The summed E-state index contributed by atoms with van der Waals surface area (Å²) in [5.74, 6) is 0. The highest BCUT2D eigenvalue weighted by molar-refractivity contribution is 5.12. The Hall–Kier alpha value is -0.300. The first-order valence-corrected chi connectivity index (χ1v) is 6.80. The van der Waals surface area contributed by atoms with E-state index in [0.29, 0.717) is 5.41 Å². The molecule has 0 saturated carbocycles. The van der Waals surface area contributed by atoms with Gasteiger partial charge in [-0.05, 0) is 44.9 Å². The number of hydrogen-bond donors (Lipinski definition) is 1. The lowest BCUT2D eigenvalue weighted by Gasteiger charge is -2.35. The molecular weight excluding hydrogens is 194 g/mol. The van der Waals surface area contributed by atoms with Crippen molar-refractivity contribution in [3.8, 4) is 0 Å². The van der Waals surface area contributed by atoms with Gasteiger partial charge in [0.2, 0.25) is 0 Å². The summed E-state index contributed by atoms with van der Waals surface area (Å²) in [6, 6.07) is 0. The maximum absolute atomic E-state index is 4.31. The third-order valence-electron chi connectivity index (χ3n) is 4.44. The average Bonchev–Trinajstić information content (AvgIpc) is 2.29. The van der Waals surface area contributed by atoms with Crippen LogP contribution in [0.1, 0.15) is 67.2 Å². The molecule has 0 bridgehead atoms. The third-order valence-corrected chi connectivity index (χ3v) is 4.44. The van der Waals surface area contributed by atoms with Crippen molar-refractivity contribution in [3.63, 3.8) is 0 Å². The Bertz CT molecular complexity index is 203. The van der Waals surface area contributed by atoms with Gasteiger partial charge in [0.25, 0.3) is 0 Å². The number of hydrogen-bond acceptors (Lipinski definition) is 1. The molecule has 0 fully saturated rings. The zero-order valence-corrected chi connectivity index (χ0v) is 12.2. The number of rotatable bonds is 8. The van der Waals surface area contributed by atoms with Crippen LogP contribution < -0.4 is 5.32 Å². The Balaban J connectivity index is 4.44. The van der Waals surface area contributed by atoms with Crippen LogP contribution in [-0.4, -0.2) is 12.1 Å². The van der Waals surface area contributed by atoms with Gasteiger partial charge in [-0.25, -0.2) is 0 Å². The minimum absolute atomic E-state index is 0.226. The molecule has 1 nitrogen and oxygen atoms in total. The fourth-order valence-corrected chi connectivity index (χ4v) is 2.16. The maximum Gasteiger partial charge on any atom is 0.0172 e. The van der Waals surface area contributed by atoms with Gasteiger partial charge in [0.15, 0.2) is 0 Å². The van der Waals surface area contributed by atoms with Crippen LogP contribution in [0.25, 0.3) is 0 Å². The Morgan fingerprint density at radius 1 is 0.938 bits per heavy atom. The second kappa shape index (κ2) is 6.44. The van der Waals surface area contributed by atoms with Crippen LogP contribution in [0.5, 0.6) is 0 Å². The first kappa shape index (κ1) is 15.7. The first-order valence-electron chi connectivity index (χ1n) is 6.80. The van der Waals surface area contributed by atoms with E-state index in [-0.39, 0.29) is 5.54 Å². The van der Waals surface area contributed by atoms with E-state index in [2.05, 4.69) is 53.4 Å². The third kappa shape index (κ3) is 3.93. The van der Waals surface area contributed by atoms with Gasteiger partial charge in [-0.15, -0.1) is 0 Å². The molecule has 0 aliphatic heterocycles. The second-order valence-corrected chi connectivity index (χ2v) is 5.54. The molecule has 0 saturated heterocycles. The van der Waals surface area contributed by atoms with Crippen molar-refractivity contribution in [2.45, 2.75) is 72.8 Å². The Kier molecular flexibility index (Phi) is 6.32. The second-order valence-electron chi connectivity index (χ2n) is 5.54. The van der Waals surface area contributed by atoms with Crippen LogP contribution >= 0.6 is 0 Å². The molecular formula is C15H31N. The van der Waals surface area contributed by atoms with Crippen molar-refractivity contribution in [3.05, 3.63) is 12.2 Å². The molecule has 0 spiro atoms. The molecule has 0 aliphatic rings. The van der Waals surface area contributed by atoms with Crippen molar-refractivity contribution in [2.75, 3.05) is 6.54 Å². The molecule has 16 heavy (non-hydrogen) atoms. The lowest BCUT2D eigenvalue weighted by Crippen LogP contribution is -2.41. The Morgan fingerprint density at radius 2 is 1.38 bits per heavy atom. The van der Waals surface area contributed by atoms with Crippen molar-refractivity contribution < 1.29 is 0 Å². The minimum atomic E-state index is 0.226. The Morgan fingerprint density at radius 3 is 1.69 bits per heavy atom. The molecule has 1 N–H and O–H groups in total. The van der Waals surface area contributed by atoms with Gasteiger partial charge in [0, 0.05) is 12.1 Å². The molecule has 0 rings (SSSR count). The van der Waals surface area contributed by atoms with Gasteiger partial charge >= 0.3 is 0 Å². The topological polar surface area (TPSA) is 12.0 Å². The lowest BCUT2D eigenvalue weighted by molar-refractivity contribution is 0.292. The summed E-state index contributed by atoms with van der Waals surface area (Å²) >= 11 is 0. The summed E-state index contributed by atoms with van der Waals surface area (Å²) < 4.78 is 0. The largest absolute Gasteiger partial charge is 0.308 e. The molecule has 0 aliphatic carbocycles. The highest BCUT2D eigenvalue weighted by Crippen LogP contribution is 2.37. The van der Waals surface area contributed by atoms with Crippen molar-refractivity contribution >= 4 is 0 Å². The normalized spacial score (nSPS) is 12.9. The smallest absolute Gasteiger partial charge is 0.0172 e. The van der Waals surface area contributed by atoms with E-state index in [1.165, 1.54) is 24.8 Å². The molecule has 96 valence electrons. The van der Waals surface area contributed by atoms with E-state index in [0.717, 1.165) is 13.0 Å². The molecule has 0 aromatic rings. The summed E-state index contributed by atoms with van der Waals surface area (Å²) in [6.07, 6.45) is 4.75. The van der Waals surface area contributed by atoms with Gasteiger partial charge in [0.1, 0.15) is 0 Å². The van der Waals surface area contributed by atoms with Crippen LogP contribution in [0, 0.1) is 5.41 Å². The van der Waals surface area contributed by atoms with Crippen molar-refractivity contribution in [1.29, 1.82) is 0 Å². The first-order chi connectivity index (χ1) is 7.37. The summed E-state index contributed by atoms with van der Waals surface area (Å²) in [4.78, 5) is 0. The molecule has 1 heteroatoms. The quantitative estimate of drug-likeness (QED) is 0.598. The van der Waals surface area contributed by atoms with Gasteiger partial charge in [-0.2, -0.15) is 0 Å². The molecule has 0 radical (unpaired) electrons.